The molecule has 0 saturated carbocycles. The molecule has 2 aromatic rings. The van der Waals surface area contributed by atoms with Crippen molar-refractivity contribution in [2.24, 2.45) is 4.99 Å². The van der Waals surface area contributed by atoms with E-state index in [-0.39, 0.29) is 0 Å². The highest BCUT2D eigenvalue weighted by molar-refractivity contribution is 8.00. The van der Waals surface area contributed by atoms with Crippen molar-refractivity contribution in [3.63, 3.8) is 0 Å². The van der Waals surface area contributed by atoms with Gasteiger partial charge in [-0.25, -0.2) is 0 Å². The number of nitrogens with zero attached hydrogens (tertiary/aromatic N) is 4. The van der Waals surface area contributed by atoms with Crippen LogP contribution in [0.4, 0.5) is 0 Å². The van der Waals surface area contributed by atoms with Crippen molar-refractivity contribution in [2.75, 3.05) is 13.6 Å². The second-order valence-corrected chi connectivity index (χ2v) is 6.59. The van der Waals surface area contributed by atoms with Crippen molar-refractivity contribution in [1.82, 2.24) is 25.4 Å². The van der Waals surface area contributed by atoms with Crippen LogP contribution >= 0.6 is 11.8 Å². The maximum atomic E-state index is 4.25. The third-order valence-corrected chi connectivity index (χ3v) is 4.42. The highest BCUT2D eigenvalue weighted by Gasteiger charge is 2.07. The molecule has 0 amide bonds. The Morgan fingerprint density at radius 1 is 1.30 bits per heavy atom. The first-order valence-corrected chi connectivity index (χ1v) is 8.63. The van der Waals surface area contributed by atoms with E-state index in [4.69, 9.17) is 0 Å². The number of guanidine groups is 1. The Labute approximate surface area is 141 Å². The van der Waals surface area contributed by atoms with Crippen LogP contribution in [0.5, 0.6) is 0 Å². The van der Waals surface area contributed by atoms with Gasteiger partial charge in [-0.2, -0.15) is 0 Å². The summed E-state index contributed by atoms with van der Waals surface area (Å²) in [6, 6.07) is 10.4. The summed E-state index contributed by atoms with van der Waals surface area (Å²) >= 11 is 1.85. The Bertz CT molecular complexity index is 610. The number of aryl methyl sites for hydroxylation is 1. The first-order chi connectivity index (χ1) is 11.2. The number of hydrogen-bond donors (Lipinski definition) is 2. The molecule has 1 unspecified atom stereocenters. The average molecular weight is 332 g/mol. The van der Waals surface area contributed by atoms with Crippen LogP contribution in [-0.2, 0) is 13.1 Å². The van der Waals surface area contributed by atoms with Gasteiger partial charge >= 0.3 is 0 Å². The van der Waals surface area contributed by atoms with E-state index in [9.17, 15) is 0 Å². The summed E-state index contributed by atoms with van der Waals surface area (Å²) in [4.78, 5) is 5.53. The van der Waals surface area contributed by atoms with Crippen LogP contribution in [0.3, 0.4) is 0 Å². The molecule has 0 bridgehead atoms. The zero-order valence-corrected chi connectivity index (χ0v) is 14.7. The lowest BCUT2D eigenvalue weighted by Gasteiger charge is -2.15. The first-order valence-electron chi connectivity index (χ1n) is 7.75. The van der Waals surface area contributed by atoms with Gasteiger partial charge in [-0.15, -0.1) is 22.0 Å². The van der Waals surface area contributed by atoms with E-state index in [1.165, 1.54) is 4.90 Å². The number of aromatic nitrogens is 3. The maximum Gasteiger partial charge on any atom is 0.191 e. The van der Waals surface area contributed by atoms with Gasteiger partial charge in [-0.05, 0) is 19.1 Å². The summed E-state index contributed by atoms with van der Waals surface area (Å²) in [6.45, 7) is 6.57. The van der Waals surface area contributed by atoms with Crippen molar-refractivity contribution in [3.8, 4) is 0 Å². The second kappa shape index (κ2) is 9.19. The fraction of sp³-hybridized carbons (Fsp3) is 0.438. The van der Waals surface area contributed by atoms with Gasteiger partial charge in [-0.3, -0.25) is 4.99 Å². The summed E-state index contributed by atoms with van der Waals surface area (Å²) < 4.78 is 2.01. The van der Waals surface area contributed by atoms with Crippen molar-refractivity contribution in [1.29, 1.82) is 0 Å². The second-order valence-electron chi connectivity index (χ2n) is 5.08. The van der Waals surface area contributed by atoms with Gasteiger partial charge in [0.2, 0.25) is 0 Å². The predicted octanol–water partition coefficient (Wildman–Crippen LogP) is 2.14. The molecule has 2 N–H and O–H groups in total. The molecule has 0 spiro atoms. The lowest BCUT2D eigenvalue weighted by Crippen LogP contribution is -2.40. The highest BCUT2D eigenvalue weighted by atomic mass is 32.2. The van der Waals surface area contributed by atoms with E-state index >= 15 is 0 Å². The zero-order chi connectivity index (χ0) is 16.5. The largest absolute Gasteiger partial charge is 0.355 e. The molecule has 0 saturated heterocycles. The van der Waals surface area contributed by atoms with Crippen LogP contribution in [0, 0.1) is 0 Å². The van der Waals surface area contributed by atoms with E-state index in [1.54, 1.807) is 13.4 Å². The normalized spacial score (nSPS) is 12.9. The Balaban J connectivity index is 1.76. The third-order valence-electron chi connectivity index (χ3n) is 3.31. The maximum absolute atomic E-state index is 4.25. The minimum atomic E-state index is 0.440. The van der Waals surface area contributed by atoms with Crippen LogP contribution in [-0.4, -0.2) is 39.6 Å². The Kier molecular flexibility index (Phi) is 6.93. The van der Waals surface area contributed by atoms with Crippen LogP contribution in [0.2, 0.25) is 0 Å². The summed E-state index contributed by atoms with van der Waals surface area (Å²) in [5.74, 6) is 1.68. The lowest BCUT2D eigenvalue weighted by atomic mass is 10.4. The minimum Gasteiger partial charge on any atom is -0.355 e. The SMILES string of the molecule is CCn1cnnc1CNC(=NC)NCC(C)Sc1ccccc1. The number of benzene rings is 1. The molecule has 23 heavy (non-hydrogen) atoms. The third kappa shape index (κ3) is 5.59. The van der Waals surface area contributed by atoms with Gasteiger partial charge in [0.15, 0.2) is 11.8 Å². The standard InChI is InChI=1S/C16H24N6S/c1-4-22-12-20-21-15(22)11-19-16(17-3)18-10-13(2)23-14-8-6-5-7-9-14/h5-9,12-13H,4,10-11H2,1-3H3,(H2,17,18,19). The monoisotopic (exact) mass is 332 g/mol. The van der Waals surface area contributed by atoms with Gasteiger partial charge in [0.05, 0.1) is 6.54 Å². The molecular formula is C16H24N6S. The Hall–Kier alpha value is -2.02. The first kappa shape index (κ1) is 17.3. The molecule has 0 aliphatic carbocycles. The molecule has 1 aromatic carbocycles. The highest BCUT2D eigenvalue weighted by Crippen LogP contribution is 2.21. The zero-order valence-electron chi connectivity index (χ0n) is 13.9. The predicted molar refractivity (Wildman–Crippen MR) is 95.7 cm³/mol. The molecular weight excluding hydrogens is 308 g/mol. The number of hydrogen-bond acceptors (Lipinski definition) is 4. The Morgan fingerprint density at radius 3 is 2.78 bits per heavy atom. The number of rotatable bonds is 7. The number of thioether (sulfide) groups is 1. The quantitative estimate of drug-likeness (QED) is 0.462. The van der Waals surface area contributed by atoms with E-state index in [0.717, 1.165) is 24.9 Å². The van der Waals surface area contributed by atoms with E-state index in [0.29, 0.717) is 11.8 Å². The van der Waals surface area contributed by atoms with Gasteiger partial charge in [0.1, 0.15) is 6.33 Å². The molecule has 124 valence electrons. The molecule has 0 aliphatic heterocycles. The van der Waals surface area contributed by atoms with E-state index in [1.807, 2.05) is 22.4 Å². The van der Waals surface area contributed by atoms with Crippen molar-refractivity contribution >= 4 is 17.7 Å². The fourth-order valence-electron chi connectivity index (χ4n) is 2.08. The molecule has 2 rings (SSSR count). The topological polar surface area (TPSA) is 67.1 Å². The van der Waals surface area contributed by atoms with E-state index < -0.39 is 0 Å². The smallest absolute Gasteiger partial charge is 0.191 e. The molecule has 6 nitrogen and oxygen atoms in total. The summed E-state index contributed by atoms with van der Waals surface area (Å²) in [5, 5.41) is 15.1. The Morgan fingerprint density at radius 2 is 2.09 bits per heavy atom. The summed E-state index contributed by atoms with van der Waals surface area (Å²) in [6.07, 6.45) is 1.74. The molecule has 1 atom stereocenters. The molecule has 1 heterocycles. The van der Waals surface area contributed by atoms with Gasteiger partial charge in [0.25, 0.3) is 0 Å². The van der Waals surface area contributed by atoms with Crippen LogP contribution in [0.1, 0.15) is 19.7 Å². The lowest BCUT2D eigenvalue weighted by molar-refractivity contribution is 0.669. The van der Waals surface area contributed by atoms with Crippen molar-refractivity contribution in [2.45, 2.75) is 37.1 Å². The fourth-order valence-corrected chi connectivity index (χ4v) is 3.02. The number of aliphatic imine (C=N–C) groups is 1. The molecule has 7 heteroatoms. The van der Waals surface area contributed by atoms with Crippen LogP contribution in [0.15, 0.2) is 46.5 Å². The van der Waals surface area contributed by atoms with Gasteiger partial charge < -0.3 is 15.2 Å². The van der Waals surface area contributed by atoms with Crippen LogP contribution < -0.4 is 10.6 Å². The summed E-state index contributed by atoms with van der Waals surface area (Å²) in [5.41, 5.74) is 0. The van der Waals surface area contributed by atoms with Gasteiger partial charge in [-0.1, -0.05) is 25.1 Å². The number of nitrogens with one attached hydrogen (secondary N) is 2. The van der Waals surface area contributed by atoms with E-state index in [2.05, 4.69) is 63.9 Å². The van der Waals surface area contributed by atoms with Crippen molar-refractivity contribution < 1.29 is 0 Å². The molecule has 0 radical (unpaired) electrons. The summed E-state index contributed by atoms with van der Waals surface area (Å²) in [7, 11) is 1.77. The van der Waals surface area contributed by atoms with Gasteiger partial charge in [0, 0.05) is 30.3 Å². The molecule has 1 aromatic heterocycles. The molecule has 0 aliphatic rings. The minimum absolute atomic E-state index is 0.440. The van der Waals surface area contributed by atoms with Crippen LogP contribution in [0.25, 0.3) is 0 Å². The molecule has 0 fully saturated rings. The average Bonchev–Trinajstić information content (AvgIpc) is 3.03. The van der Waals surface area contributed by atoms with Crippen molar-refractivity contribution in [3.05, 3.63) is 42.5 Å².